The summed E-state index contributed by atoms with van der Waals surface area (Å²) in [6.45, 7) is 8.19. The molecule has 2 unspecified atom stereocenters. The zero-order chi connectivity index (χ0) is 12.5. The van der Waals surface area contributed by atoms with Crippen LogP contribution in [0.1, 0.15) is 45.2 Å². The summed E-state index contributed by atoms with van der Waals surface area (Å²) in [5.41, 5.74) is 1.30. The average Bonchev–Trinajstić information content (AvgIpc) is 2.36. The fourth-order valence-corrected chi connectivity index (χ4v) is 1.96. The lowest BCUT2D eigenvalue weighted by Crippen LogP contribution is -2.27. The van der Waals surface area contributed by atoms with Gasteiger partial charge in [0.25, 0.3) is 0 Å². The predicted molar refractivity (Wildman–Crippen MR) is 73.2 cm³/mol. The van der Waals surface area contributed by atoms with Gasteiger partial charge in [-0.2, -0.15) is 0 Å². The van der Waals surface area contributed by atoms with Gasteiger partial charge in [0.15, 0.2) is 0 Å². The predicted octanol–water partition coefficient (Wildman–Crippen LogP) is 3.54. The molecule has 0 fully saturated rings. The molecular formula is C15H25NO. The Hall–Kier alpha value is -0.860. The van der Waals surface area contributed by atoms with Crippen molar-refractivity contribution in [2.45, 2.75) is 45.8 Å². The van der Waals surface area contributed by atoms with Gasteiger partial charge in [0, 0.05) is 0 Å². The van der Waals surface area contributed by atoms with Crippen molar-refractivity contribution >= 4 is 0 Å². The molecule has 0 amide bonds. The van der Waals surface area contributed by atoms with E-state index in [2.05, 4.69) is 50.4 Å². The number of rotatable bonds is 8. The van der Waals surface area contributed by atoms with Crippen LogP contribution in [-0.4, -0.2) is 19.3 Å². The van der Waals surface area contributed by atoms with Gasteiger partial charge in [-0.1, -0.05) is 50.6 Å². The molecule has 1 N–H and O–H groups in total. The van der Waals surface area contributed by atoms with Gasteiger partial charge in [0.2, 0.25) is 0 Å². The second kappa shape index (κ2) is 8.26. The molecule has 0 bridgehead atoms. The Balaban J connectivity index is 2.49. The fourth-order valence-electron chi connectivity index (χ4n) is 1.96. The van der Waals surface area contributed by atoms with Crippen LogP contribution in [0, 0.1) is 0 Å². The maximum absolute atomic E-state index is 5.89. The van der Waals surface area contributed by atoms with Crippen LogP contribution in [0.2, 0.25) is 0 Å². The van der Waals surface area contributed by atoms with Gasteiger partial charge in [-0.3, -0.25) is 0 Å². The van der Waals surface area contributed by atoms with Crippen LogP contribution in [0.15, 0.2) is 30.3 Å². The third kappa shape index (κ3) is 5.33. The molecule has 0 saturated heterocycles. The third-order valence-electron chi connectivity index (χ3n) is 2.90. The van der Waals surface area contributed by atoms with E-state index in [9.17, 15) is 0 Å². The lowest BCUT2D eigenvalue weighted by atomic mass is 10.1. The molecule has 1 aromatic carbocycles. The Kier molecular flexibility index (Phi) is 6.90. The highest BCUT2D eigenvalue weighted by Gasteiger charge is 2.11. The molecule has 0 aliphatic carbocycles. The summed E-state index contributed by atoms with van der Waals surface area (Å²) in [4.78, 5) is 0. The lowest BCUT2D eigenvalue weighted by Gasteiger charge is -2.21. The average molecular weight is 235 g/mol. The summed E-state index contributed by atoms with van der Waals surface area (Å²) in [6.07, 6.45) is 2.66. The van der Waals surface area contributed by atoms with E-state index in [1.165, 1.54) is 12.0 Å². The number of ether oxygens (including phenoxy) is 1. The zero-order valence-corrected chi connectivity index (χ0v) is 11.3. The first kappa shape index (κ1) is 14.2. The van der Waals surface area contributed by atoms with Crippen LogP contribution in [0.3, 0.4) is 0 Å². The summed E-state index contributed by atoms with van der Waals surface area (Å²) in [7, 11) is 0. The SMILES string of the molecule is CCCC(C)OCC(NCC)c1ccccc1. The van der Waals surface area contributed by atoms with Crippen LogP contribution in [0.4, 0.5) is 0 Å². The van der Waals surface area contributed by atoms with E-state index in [1.54, 1.807) is 0 Å². The second-order valence-electron chi connectivity index (χ2n) is 4.45. The zero-order valence-electron chi connectivity index (χ0n) is 11.3. The van der Waals surface area contributed by atoms with Crippen molar-refractivity contribution in [3.8, 4) is 0 Å². The van der Waals surface area contributed by atoms with Gasteiger partial charge in [0.1, 0.15) is 0 Å². The third-order valence-corrected chi connectivity index (χ3v) is 2.90. The highest BCUT2D eigenvalue weighted by Crippen LogP contribution is 2.14. The molecule has 0 radical (unpaired) electrons. The molecule has 0 saturated carbocycles. The van der Waals surface area contributed by atoms with Gasteiger partial charge >= 0.3 is 0 Å². The molecule has 2 atom stereocenters. The van der Waals surface area contributed by atoms with E-state index < -0.39 is 0 Å². The first-order chi connectivity index (χ1) is 8.27. The van der Waals surface area contributed by atoms with Crippen LogP contribution < -0.4 is 5.32 Å². The molecule has 0 spiro atoms. The van der Waals surface area contributed by atoms with Crippen LogP contribution in [0.25, 0.3) is 0 Å². The van der Waals surface area contributed by atoms with E-state index >= 15 is 0 Å². The molecule has 0 heterocycles. The molecule has 17 heavy (non-hydrogen) atoms. The van der Waals surface area contributed by atoms with Crippen LogP contribution >= 0.6 is 0 Å². The fraction of sp³-hybridized carbons (Fsp3) is 0.600. The molecule has 0 aliphatic rings. The Morgan fingerprint density at radius 2 is 1.88 bits per heavy atom. The molecule has 2 heteroatoms. The second-order valence-corrected chi connectivity index (χ2v) is 4.45. The summed E-state index contributed by atoms with van der Waals surface area (Å²) >= 11 is 0. The minimum atomic E-state index is 0.306. The van der Waals surface area contributed by atoms with Crippen molar-refractivity contribution < 1.29 is 4.74 Å². The van der Waals surface area contributed by atoms with E-state index in [0.717, 1.165) is 19.6 Å². The molecule has 1 aromatic rings. The topological polar surface area (TPSA) is 21.3 Å². The Labute approximate surface area is 105 Å². The monoisotopic (exact) mass is 235 g/mol. The maximum atomic E-state index is 5.89. The smallest absolute Gasteiger partial charge is 0.0665 e. The van der Waals surface area contributed by atoms with E-state index in [0.29, 0.717) is 12.1 Å². The number of nitrogens with one attached hydrogen (secondary N) is 1. The summed E-state index contributed by atoms with van der Waals surface area (Å²) in [5, 5.41) is 3.47. The highest BCUT2D eigenvalue weighted by atomic mass is 16.5. The van der Waals surface area contributed by atoms with Crippen molar-refractivity contribution in [3.63, 3.8) is 0 Å². The minimum Gasteiger partial charge on any atom is -0.377 e. The first-order valence-corrected chi connectivity index (χ1v) is 6.67. The Morgan fingerprint density at radius 3 is 2.47 bits per heavy atom. The van der Waals surface area contributed by atoms with Gasteiger partial charge in [-0.15, -0.1) is 0 Å². The van der Waals surface area contributed by atoms with E-state index in [4.69, 9.17) is 4.74 Å². The standard InChI is InChI=1S/C15H25NO/c1-4-9-13(3)17-12-15(16-5-2)14-10-7-6-8-11-14/h6-8,10-11,13,15-16H,4-5,9,12H2,1-3H3. The summed E-state index contributed by atoms with van der Waals surface area (Å²) < 4.78 is 5.89. The lowest BCUT2D eigenvalue weighted by molar-refractivity contribution is 0.0442. The quantitative estimate of drug-likeness (QED) is 0.744. The van der Waals surface area contributed by atoms with Gasteiger partial charge in [-0.25, -0.2) is 0 Å². The number of benzene rings is 1. The molecule has 2 nitrogen and oxygen atoms in total. The van der Waals surface area contributed by atoms with Crippen LogP contribution in [-0.2, 0) is 4.74 Å². The maximum Gasteiger partial charge on any atom is 0.0665 e. The van der Waals surface area contributed by atoms with Crippen molar-refractivity contribution in [1.82, 2.24) is 5.32 Å². The summed E-state index contributed by atoms with van der Waals surface area (Å²) in [5.74, 6) is 0. The molecular weight excluding hydrogens is 210 g/mol. The largest absolute Gasteiger partial charge is 0.377 e. The van der Waals surface area contributed by atoms with Gasteiger partial charge < -0.3 is 10.1 Å². The first-order valence-electron chi connectivity index (χ1n) is 6.67. The number of hydrogen-bond donors (Lipinski definition) is 1. The highest BCUT2D eigenvalue weighted by molar-refractivity contribution is 5.18. The van der Waals surface area contributed by atoms with Crippen molar-refractivity contribution in [3.05, 3.63) is 35.9 Å². The Morgan fingerprint density at radius 1 is 1.18 bits per heavy atom. The summed E-state index contributed by atoms with van der Waals surface area (Å²) in [6, 6.07) is 10.8. The Bertz CT molecular complexity index is 286. The minimum absolute atomic E-state index is 0.306. The van der Waals surface area contributed by atoms with E-state index in [1.807, 2.05) is 6.07 Å². The van der Waals surface area contributed by atoms with Crippen molar-refractivity contribution in [2.24, 2.45) is 0 Å². The van der Waals surface area contributed by atoms with Crippen molar-refractivity contribution in [1.29, 1.82) is 0 Å². The molecule has 0 aliphatic heterocycles. The van der Waals surface area contributed by atoms with Gasteiger partial charge in [-0.05, 0) is 25.5 Å². The number of likely N-dealkylation sites (N-methyl/N-ethyl adjacent to an activating group) is 1. The van der Waals surface area contributed by atoms with Crippen molar-refractivity contribution in [2.75, 3.05) is 13.2 Å². The normalized spacial score (nSPS) is 14.5. The molecule has 96 valence electrons. The van der Waals surface area contributed by atoms with Crippen LogP contribution in [0.5, 0.6) is 0 Å². The molecule has 0 aromatic heterocycles. The van der Waals surface area contributed by atoms with Gasteiger partial charge in [0.05, 0.1) is 18.8 Å². The molecule has 1 rings (SSSR count). The number of hydrogen-bond acceptors (Lipinski definition) is 2. The van der Waals surface area contributed by atoms with E-state index in [-0.39, 0.29) is 0 Å².